The van der Waals surface area contributed by atoms with Crippen LogP contribution in [0, 0.1) is 6.92 Å². The molecule has 36 heavy (non-hydrogen) atoms. The SMILES string of the molecule is CCCc1nc2ccc(Br)cc2c(=O)n1N=Cc1ccc(OCC(=O)Nc2ccccc2C)c(Br)c1. The number of hydrogen-bond acceptors (Lipinski definition) is 5. The number of nitrogens with one attached hydrogen (secondary N) is 1. The third-order valence-corrected chi connectivity index (χ3v) is 6.52. The van der Waals surface area contributed by atoms with E-state index >= 15 is 0 Å². The summed E-state index contributed by atoms with van der Waals surface area (Å²) in [7, 11) is 0. The summed E-state index contributed by atoms with van der Waals surface area (Å²) in [6.45, 7) is 3.83. The normalized spacial score (nSPS) is 11.2. The fourth-order valence-electron chi connectivity index (χ4n) is 3.58. The highest BCUT2D eigenvalue weighted by Gasteiger charge is 2.11. The molecule has 0 saturated heterocycles. The van der Waals surface area contributed by atoms with Crippen LogP contribution in [0.25, 0.3) is 10.9 Å². The molecule has 0 unspecified atom stereocenters. The van der Waals surface area contributed by atoms with E-state index in [0.29, 0.717) is 33.4 Å². The first kappa shape index (κ1) is 25.8. The van der Waals surface area contributed by atoms with Gasteiger partial charge < -0.3 is 10.1 Å². The van der Waals surface area contributed by atoms with E-state index in [0.717, 1.165) is 27.7 Å². The number of nitrogens with zero attached hydrogens (tertiary/aromatic N) is 3. The molecule has 0 spiro atoms. The van der Waals surface area contributed by atoms with Gasteiger partial charge in [-0.15, -0.1) is 0 Å². The molecule has 0 atom stereocenters. The maximum absolute atomic E-state index is 13.1. The number of carbonyl (C=O) groups excluding carboxylic acids is 1. The molecule has 9 heteroatoms. The summed E-state index contributed by atoms with van der Waals surface area (Å²) in [5.74, 6) is 0.875. The van der Waals surface area contributed by atoms with Crippen LogP contribution in [0.3, 0.4) is 0 Å². The molecule has 0 radical (unpaired) electrons. The van der Waals surface area contributed by atoms with Gasteiger partial charge in [0.15, 0.2) is 6.61 Å². The lowest BCUT2D eigenvalue weighted by Gasteiger charge is -2.11. The Hall–Kier alpha value is -3.30. The van der Waals surface area contributed by atoms with Crippen molar-refractivity contribution in [3.8, 4) is 5.75 Å². The Balaban J connectivity index is 1.50. The highest BCUT2D eigenvalue weighted by atomic mass is 79.9. The highest BCUT2D eigenvalue weighted by Crippen LogP contribution is 2.26. The fraction of sp³-hybridized carbons (Fsp3) is 0.185. The molecule has 1 N–H and O–H groups in total. The second kappa shape index (κ2) is 11.6. The van der Waals surface area contributed by atoms with Gasteiger partial charge in [-0.3, -0.25) is 9.59 Å². The summed E-state index contributed by atoms with van der Waals surface area (Å²) >= 11 is 6.91. The molecule has 4 rings (SSSR count). The Kier molecular flexibility index (Phi) is 8.32. The van der Waals surface area contributed by atoms with E-state index in [2.05, 4.69) is 47.3 Å². The molecule has 1 aromatic heterocycles. The van der Waals surface area contributed by atoms with E-state index in [1.807, 2.05) is 56.3 Å². The van der Waals surface area contributed by atoms with Crippen LogP contribution in [-0.2, 0) is 11.2 Å². The Morgan fingerprint density at radius 3 is 2.69 bits per heavy atom. The molecule has 0 aliphatic rings. The Morgan fingerprint density at radius 1 is 1.14 bits per heavy atom. The van der Waals surface area contributed by atoms with E-state index in [9.17, 15) is 9.59 Å². The first-order valence-electron chi connectivity index (χ1n) is 11.4. The van der Waals surface area contributed by atoms with Gasteiger partial charge in [0.2, 0.25) is 0 Å². The predicted molar refractivity (Wildman–Crippen MR) is 150 cm³/mol. The molecular formula is C27H24Br2N4O3. The third kappa shape index (κ3) is 6.09. The minimum atomic E-state index is -0.250. The summed E-state index contributed by atoms with van der Waals surface area (Å²) in [5, 5.41) is 7.79. The lowest BCUT2D eigenvalue weighted by Crippen LogP contribution is -2.22. The highest BCUT2D eigenvalue weighted by molar-refractivity contribution is 9.10. The molecular weight excluding hydrogens is 588 g/mol. The standard InChI is InChI=1S/C27H24Br2N4O3/c1-3-6-25-31-23-11-10-19(28)14-20(23)27(35)33(25)30-15-18-9-12-24(21(29)13-18)36-16-26(34)32-22-8-5-4-7-17(22)2/h4-5,7-15H,3,6,16H2,1-2H3,(H,32,34). The average molecular weight is 612 g/mol. The molecule has 1 amide bonds. The lowest BCUT2D eigenvalue weighted by atomic mass is 10.2. The Morgan fingerprint density at radius 2 is 1.94 bits per heavy atom. The van der Waals surface area contributed by atoms with E-state index in [-0.39, 0.29) is 18.1 Å². The number of para-hydroxylation sites is 1. The number of hydrogen-bond donors (Lipinski definition) is 1. The van der Waals surface area contributed by atoms with E-state index in [4.69, 9.17) is 4.74 Å². The summed E-state index contributed by atoms with van der Waals surface area (Å²) < 4.78 is 8.51. The first-order valence-corrected chi connectivity index (χ1v) is 13.0. The van der Waals surface area contributed by atoms with Crippen LogP contribution >= 0.6 is 31.9 Å². The zero-order valence-electron chi connectivity index (χ0n) is 19.8. The van der Waals surface area contributed by atoms with Crippen LogP contribution in [0.15, 0.2) is 79.5 Å². The maximum atomic E-state index is 13.1. The van der Waals surface area contributed by atoms with Crippen LogP contribution in [0.2, 0.25) is 0 Å². The van der Waals surface area contributed by atoms with Crippen LogP contribution in [-0.4, -0.2) is 28.4 Å². The van der Waals surface area contributed by atoms with Crippen molar-refractivity contribution in [2.75, 3.05) is 11.9 Å². The van der Waals surface area contributed by atoms with Gasteiger partial charge in [0.05, 0.1) is 21.6 Å². The van der Waals surface area contributed by atoms with Crippen molar-refractivity contribution >= 4 is 60.6 Å². The molecule has 7 nitrogen and oxygen atoms in total. The quantitative estimate of drug-likeness (QED) is 0.245. The van der Waals surface area contributed by atoms with Crippen molar-refractivity contribution in [1.82, 2.24) is 9.66 Å². The van der Waals surface area contributed by atoms with Gasteiger partial charge in [-0.25, -0.2) is 4.98 Å². The number of aryl methyl sites for hydroxylation is 2. The number of ether oxygens (including phenoxy) is 1. The second-order valence-corrected chi connectivity index (χ2v) is 9.91. The zero-order valence-corrected chi connectivity index (χ0v) is 23.0. The zero-order chi connectivity index (χ0) is 25.7. The van der Waals surface area contributed by atoms with Crippen LogP contribution in [0.5, 0.6) is 5.75 Å². The first-order chi connectivity index (χ1) is 17.4. The molecule has 184 valence electrons. The monoisotopic (exact) mass is 610 g/mol. The number of aromatic nitrogens is 2. The van der Waals surface area contributed by atoms with Gasteiger partial charge in [-0.2, -0.15) is 9.78 Å². The van der Waals surface area contributed by atoms with Gasteiger partial charge in [-0.05, 0) is 82.9 Å². The van der Waals surface area contributed by atoms with Gasteiger partial charge in [0.1, 0.15) is 11.6 Å². The predicted octanol–water partition coefficient (Wildman–Crippen LogP) is 6.08. The van der Waals surface area contributed by atoms with E-state index in [1.54, 1.807) is 24.4 Å². The van der Waals surface area contributed by atoms with Gasteiger partial charge >= 0.3 is 0 Å². The van der Waals surface area contributed by atoms with Gasteiger partial charge in [-0.1, -0.05) is 41.1 Å². The molecule has 4 aromatic rings. The van der Waals surface area contributed by atoms with Gasteiger partial charge in [0.25, 0.3) is 11.5 Å². The smallest absolute Gasteiger partial charge is 0.282 e. The molecule has 0 bridgehead atoms. The second-order valence-electron chi connectivity index (χ2n) is 8.14. The van der Waals surface area contributed by atoms with Crippen molar-refractivity contribution in [2.24, 2.45) is 5.10 Å². The molecule has 0 saturated carbocycles. The number of carbonyl (C=O) groups is 1. The summed E-state index contributed by atoms with van der Waals surface area (Å²) in [5.41, 5.74) is 2.91. The number of amides is 1. The largest absolute Gasteiger partial charge is 0.483 e. The topological polar surface area (TPSA) is 85.6 Å². The van der Waals surface area contributed by atoms with Crippen LogP contribution < -0.4 is 15.6 Å². The van der Waals surface area contributed by atoms with E-state index < -0.39 is 0 Å². The van der Waals surface area contributed by atoms with E-state index in [1.165, 1.54) is 4.68 Å². The van der Waals surface area contributed by atoms with Crippen molar-refractivity contribution < 1.29 is 9.53 Å². The average Bonchev–Trinajstić information content (AvgIpc) is 2.85. The lowest BCUT2D eigenvalue weighted by molar-refractivity contribution is -0.118. The number of fused-ring (bicyclic) bond motifs is 1. The summed E-state index contributed by atoms with van der Waals surface area (Å²) in [4.78, 5) is 30.1. The molecule has 1 heterocycles. The van der Waals surface area contributed by atoms with Crippen LogP contribution in [0.4, 0.5) is 5.69 Å². The Labute approximate surface area is 225 Å². The van der Waals surface area contributed by atoms with Crippen molar-refractivity contribution in [3.63, 3.8) is 0 Å². The molecule has 0 aliphatic heterocycles. The van der Waals surface area contributed by atoms with Crippen molar-refractivity contribution in [1.29, 1.82) is 0 Å². The van der Waals surface area contributed by atoms with Crippen LogP contribution in [0.1, 0.15) is 30.3 Å². The minimum absolute atomic E-state index is 0.130. The molecule has 0 fully saturated rings. The summed E-state index contributed by atoms with van der Waals surface area (Å²) in [6, 6.07) is 18.4. The third-order valence-electron chi connectivity index (χ3n) is 5.41. The fourth-order valence-corrected chi connectivity index (χ4v) is 4.45. The maximum Gasteiger partial charge on any atom is 0.282 e. The molecule has 0 aliphatic carbocycles. The van der Waals surface area contributed by atoms with Crippen molar-refractivity contribution in [2.45, 2.75) is 26.7 Å². The molecule has 3 aromatic carbocycles. The Bertz CT molecular complexity index is 1520. The number of halogens is 2. The number of rotatable bonds is 8. The number of benzene rings is 3. The number of anilines is 1. The van der Waals surface area contributed by atoms with Crippen molar-refractivity contribution in [3.05, 3.63) is 96.9 Å². The minimum Gasteiger partial charge on any atom is -0.483 e. The summed E-state index contributed by atoms with van der Waals surface area (Å²) in [6.07, 6.45) is 3.06. The van der Waals surface area contributed by atoms with Gasteiger partial charge in [0, 0.05) is 16.6 Å².